The van der Waals surface area contributed by atoms with Crippen LogP contribution in [0.1, 0.15) is 16.1 Å². The lowest BCUT2D eigenvalue weighted by molar-refractivity contribution is -0.133. The van der Waals surface area contributed by atoms with Crippen LogP contribution in [0.15, 0.2) is 36.5 Å². The second kappa shape index (κ2) is 8.48. The van der Waals surface area contributed by atoms with Gasteiger partial charge < -0.3 is 19.4 Å². The summed E-state index contributed by atoms with van der Waals surface area (Å²) in [5.41, 5.74) is 0.856. The molecule has 0 atom stereocenters. The summed E-state index contributed by atoms with van der Waals surface area (Å²) in [7, 11) is 1.53. The van der Waals surface area contributed by atoms with Crippen LogP contribution in [0.3, 0.4) is 0 Å². The van der Waals surface area contributed by atoms with E-state index < -0.39 is 25.1 Å². The fraction of sp³-hybridized carbons (Fsp3) is 0.250. The van der Waals surface area contributed by atoms with Crippen molar-refractivity contribution in [3.05, 3.63) is 52.8 Å². The lowest BCUT2D eigenvalue weighted by Crippen LogP contribution is -2.30. The molecule has 1 aromatic heterocycles. The number of likely N-dealkylation sites (N-methyl/N-ethyl adjacent to an activating group) is 1. The van der Waals surface area contributed by atoms with Gasteiger partial charge in [-0.05, 0) is 23.8 Å². The number of benzene rings is 1. The number of carbonyl (C=O) groups excluding carboxylic acids is 2. The minimum atomic E-state index is -2.89. The summed E-state index contributed by atoms with van der Waals surface area (Å²) in [5, 5.41) is 0.356. The van der Waals surface area contributed by atoms with Crippen LogP contribution in [0.5, 0.6) is 5.75 Å². The van der Waals surface area contributed by atoms with E-state index in [9.17, 15) is 18.4 Å². The maximum absolute atomic E-state index is 12.1. The molecule has 2 aromatic rings. The molecular weight excluding hydrogens is 358 g/mol. The SMILES string of the molecule is CN(Cc1ccc(OC(F)F)cc1)C(=O)COC(=O)c1cc(Cl)c[nH]1. The highest BCUT2D eigenvalue weighted by molar-refractivity contribution is 6.30. The first-order valence-electron chi connectivity index (χ1n) is 7.14. The van der Waals surface area contributed by atoms with E-state index in [0.717, 1.165) is 0 Å². The third-order valence-electron chi connectivity index (χ3n) is 3.19. The fourth-order valence-corrected chi connectivity index (χ4v) is 2.10. The molecule has 0 unspecified atom stereocenters. The number of carbonyl (C=O) groups is 2. The average molecular weight is 373 g/mol. The maximum Gasteiger partial charge on any atom is 0.387 e. The zero-order valence-corrected chi connectivity index (χ0v) is 13.9. The summed E-state index contributed by atoms with van der Waals surface area (Å²) < 4.78 is 33.3. The predicted molar refractivity (Wildman–Crippen MR) is 85.6 cm³/mol. The summed E-state index contributed by atoms with van der Waals surface area (Å²) in [5.74, 6) is -1.08. The van der Waals surface area contributed by atoms with Crippen LogP contribution < -0.4 is 4.74 Å². The van der Waals surface area contributed by atoms with E-state index in [1.807, 2.05) is 0 Å². The first-order valence-corrected chi connectivity index (χ1v) is 7.51. The molecule has 1 N–H and O–H groups in total. The first kappa shape index (κ1) is 18.7. The van der Waals surface area contributed by atoms with Crippen molar-refractivity contribution in [1.82, 2.24) is 9.88 Å². The number of aromatic nitrogens is 1. The number of nitrogens with zero attached hydrogens (tertiary/aromatic N) is 1. The second-order valence-electron chi connectivity index (χ2n) is 5.08. The van der Waals surface area contributed by atoms with Gasteiger partial charge in [-0.3, -0.25) is 4.79 Å². The predicted octanol–water partition coefficient (Wildman–Crippen LogP) is 3.08. The van der Waals surface area contributed by atoms with Crippen LogP contribution in [0, 0.1) is 0 Å². The van der Waals surface area contributed by atoms with Gasteiger partial charge in [0, 0.05) is 19.8 Å². The molecule has 1 aromatic carbocycles. The number of ether oxygens (including phenoxy) is 2. The normalized spacial score (nSPS) is 10.6. The molecule has 25 heavy (non-hydrogen) atoms. The Morgan fingerprint density at radius 2 is 1.96 bits per heavy atom. The molecule has 1 amide bonds. The Labute approximate surface area is 147 Å². The van der Waals surface area contributed by atoms with E-state index in [1.54, 1.807) is 12.1 Å². The van der Waals surface area contributed by atoms with Crippen molar-refractivity contribution in [3.8, 4) is 5.75 Å². The van der Waals surface area contributed by atoms with Crippen molar-refractivity contribution >= 4 is 23.5 Å². The molecule has 0 aliphatic carbocycles. The summed E-state index contributed by atoms with van der Waals surface area (Å²) >= 11 is 5.68. The van der Waals surface area contributed by atoms with Crippen LogP contribution in [0.25, 0.3) is 0 Å². The molecule has 0 aliphatic rings. The van der Waals surface area contributed by atoms with Gasteiger partial charge in [-0.2, -0.15) is 8.78 Å². The first-order chi connectivity index (χ1) is 11.8. The molecule has 0 spiro atoms. The zero-order valence-electron chi connectivity index (χ0n) is 13.2. The van der Waals surface area contributed by atoms with Crippen molar-refractivity contribution in [3.63, 3.8) is 0 Å². The quantitative estimate of drug-likeness (QED) is 0.758. The van der Waals surface area contributed by atoms with Crippen LogP contribution in [0.2, 0.25) is 5.02 Å². The average Bonchev–Trinajstić information content (AvgIpc) is 3.00. The Bertz CT molecular complexity index is 734. The highest BCUT2D eigenvalue weighted by atomic mass is 35.5. The van der Waals surface area contributed by atoms with Gasteiger partial charge in [0.05, 0.1) is 5.02 Å². The van der Waals surface area contributed by atoms with E-state index in [-0.39, 0.29) is 18.0 Å². The second-order valence-corrected chi connectivity index (χ2v) is 5.52. The molecule has 0 radical (unpaired) electrons. The molecular formula is C16H15ClF2N2O4. The van der Waals surface area contributed by atoms with Gasteiger partial charge in [0.2, 0.25) is 0 Å². The molecule has 2 rings (SSSR count). The smallest absolute Gasteiger partial charge is 0.387 e. The molecule has 1 heterocycles. The molecule has 134 valence electrons. The number of amides is 1. The lowest BCUT2D eigenvalue weighted by Gasteiger charge is -2.17. The minimum absolute atomic E-state index is 0.0336. The van der Waals surface area contributed by atoms with E-state index in [0.29, 0.717) is 10.6 Å². The standard InChI is InChI=1S/C16H15ClF2N2O4/c1-21(8-10-2-4-12(5-3-10)25-16(18)19)14(22)9-24-15(23)13-6-11(17)7-20-13/h2-7,16,20H,8-9H2,1H3. The third-order valence-corrected chi connectivity index (χ3v) is 3.41. The third kappa shape index (κ3) is 5.75. The van der Waals surface area contributed by atoms with Gasteiger partial charge >= 0.3 is 12.6 Å². The Hall–Kier alpha value is -2.61. The van der Waals surface area contributed by atoms with E-state index in [1.165, 1.54) is 36.3 Å². The van der Waals surface area contributed by atoms with E-state index in [4.69, 9.17) is 16.3 Å². The van der Waals surface area contributed by atoms with Gasteiger partial charge in [-0.1, -0.05) is 23.7 Å². The van der Waals surface area contributed by atoms with Crippen molar-refractivity contribution in [2.24, 2.45) is 0 Å². The minimum Gasteiger partial charge on any atom is -0.451 e. The molecule has 0 aliphatic heterocycles. The molecule has 0 saturated carbocycles. The number of H-pyrrole nitrogens is 1. The Kier molecular flexibility index (Phi) is 6.35. The Morgan fingerprint density at radius 1 is 1.28 bits per heavy atom. The topological polar surface area (TPSA) is 71.6 Å². The van der Waals surface area contributed by atoms with Gasteiger partial charge in [0.25, 0.3) is 5.91 Å². The monoisotopic (exact) mass is 372 g/mol. The van der Waals surface area contributed by atoms with Crippen molar-refractivity contribution in [2.75, 3.05) is 13.7 Å². The van der Waals surface area contributed by atoms with Crippen LogP contribution in [-0.4, -0.2) is 42.0 Å². The molecule has 0 bridgehead atoms. The summed E-state index contributed by atoms with van der Waals surface area (Å²) in [6.07, 6.45) is 1.42. The van der Waals surface area contributed by atoms with Gasteiger partial charge in [-0.25, -0.2) is 4.79 Å². The highest BCUT2D eigenvalue weighted by Crippen LogP contribution is 2.16. The zero-order chi connectivity index (χ0) is 18.4. The largest absolute Gasteiger partial charge is 0.451 e. The highest BCUT2D eigenvalue weighted by Gasteiger charge is 2.15. The molecule has 6 nitrogen and oxygen atoms in total. The Balaban J connectivity index is 1.82. The number of nitrogens with one attached hydrogen (secondary N) is 1. The van der Waals surface area contributed by atoms with Crippen LogP contribution in [-0.2, 0) is 16.1 Å². The number of hydrogen-bond donors (Lipinski definition) is 1. The van der Waals surface area contributed by atoms with Gasteiger partial charge in [0.1, 0.15) is 11.4 Å². The summed E-state index contributed by atoms with van der Waals surface area (Å²) in [6, 6.07) is 7.29. The summed E-state index contributed by atoms with van der Waals surface area (Å²) in [4.78, 5) is 27.7. The summed E-state index contributed by atoms with van der Waals surface area (Å²) in [6.45, 7) is -3.10. The number of hydrogen-bond acceptors (Lipinski definition) is 4. The van der Waals surface area contributed by atoms with E-state index in [2.05, 4.69) is 9.72 Å². The van der Waals surface area contributed by atoms with Crippen molar-refractivity contribution < 1.29 is 27.8 Å². The lowest BCUT2D eigenvalue weighted by atomic mass is 10.2. The number of alkyl halides is 2. The number of aromatic amines is 1. The molecule has 0 fully saturated rings. The number of halogens is 3. The number of esters is 1. The van der Waals surface area contributed by atoms with Gasteiger partial charge in [-0.15, -0.1) is 0 Å². The van der Waals surface area contributed by atoms with Crippen LogP contribution >= 0.6 is 11.6 Å². The number of rotatable bonds is 7. The van der Waals surface area contributed by atoms with Crippen molar-refractivity contribution in [1.29, 1.82) is 0 Å². The van der Waals surface area contributed by atoms with Gasteiger partial charge in [0.15, 0.2) is 6.61 Å². The van der Waals surface area contributed by atoms with Crippen LogP contribution in [0.4, 0.5) is 8.78 Å². The fourth-order valence-electron chi connectivity index (χ4n) is 1.94. The van der Waals surface area contributed by atoms with E-state index >= 15 is 0 Å². The maximum atomic E-state index is 12.1. The van der Waals surface area contributed by atoms with Crippen molar-refractivity contribution in [2.45, 2.75) is 13.2 Å². The Morgan fingerprint density at radius 3 is 2.52 bits per heavy atom. The molecule has 0 saturated heterocycles. The molecule has 9 heteroatoms.